The zero-order chi connectivity index (χ0) is 10.4. The topological polar surface area (TPSA) is 32.3 Å². The second-order valence-electron chi connectivity index (χ2n) is 4.87. The van der Waals surface area contributed by atoms with Crippen molar-refractivity contribution in [2.24, 2.45) is 17.8 Å². The van der Waals surface area contributed by atoms with Gasteiger partial charge in [0, 0.05) is 6.61 Å². The smallest absolute Gasteiger partial charge is 0.0462 e. The highest BCUT2D eigenvalue weighted by Crippen LogP contribution is 2.34. The molecule has 0 saturated heterocycles. The average Bonchev–Trinajstić information content (AvgIpc) is 2.19. The molecule has 2 nitrogen and oxygen atoms in total. The summed E-state index contributed by atoms with van der Waals surface area (Å²) in [4.78, 5) is 0. The van der Waals surface area contributed by atoms with Crippen LogP contribution in [0.4, 0.5) is 0 Å². The molecule has 0 spiro atoms. The lowest BCUT2D eigenvalue weighted by Crippen LogP contribution is -2.27. The molecular formula is C12H25NO. The summed E-state index contributed by atoms with van der Waals surface area (Å²) in [5.41, 5.74) is 0. The van der Waals surface area contributed by atoms with Gasteiger partial charge in [0.25, 0.3) is 0 Å². The zero-order valence-corrected chi connectivity index (χ0v) is 9.63. The standard InChI is InChI=1S/C12H25NO/c1-10-4-3-5-11(8-10)12(9-14)6-7-13-2/h10-14H,3-9H2,1-2H3. The molecule has 0 aromatic carbocycles. The molecule has 14 heavy (non-hydrogen) atoms. The van der Waals surface area contributed by atoms with Crippen LogP contribution >= 0.6 is 0 Å². The van der Waals surface area contributed by atoms with Gasteiger partial charge in [-0.1, -0.05) is 26.2 Å². The maximum atomic E-state index is 9.36. The van der Waals surface area contributed by atoms with E-state index in [1.54, 1.807) is 0 Å². The maximum Gasteiger partial charge on any atom is 0.0462 e. The Morgan fingerprint density at radius 1 is 1.43 bits per heavy atom. The monoisotopic (exact) mass is 199 g/mol. The van der Waals surface area contributed by atoms with Crippen LogP contribution < -0.4 is 5.32 Å². The van der Waals surface area contributed by atoms with Gasteiger partial charge in [0.15, 0.2) is 0 Å². The molecule has 3 atom stereocenters. The molecule has 84 valence electrons. The van der Waals surface area contributed by atoms with Crippen LogP contribution in [-0.4, -0.2) is 25.3 Å². The predicted molar refractivity (Wildman–Crippen MR) is 60.2 cm³/mol. The van der Waals surface area contributed by atoms with Crippen molar-refractivity contribution in [2.45, 2.75) is 39.0 Å². The van der Waals surface area contributed by atoms with Gasteiger partial charge >= 0.3 is 0 Å². The van der Waals surface area contributed by atoms with Gasteiger partial charge in [0.05, 0.1) is 0 Å². The fraction of sp³-hybridized carbons (Fsp3) is 1.00. The largest absolute Gasteiger partial charge is 0.396 e. The molecule has 0 aromatic rings. The molecular weight excluding hydrogens is 174 g/mol. The number of hydrogen-bond donors (Lipinski definition) is 2. The quantitative estimate of drug-likeness (QED) is 0.710. The minimum Gasteiger partial charge on any atom is -0.396 e. The van der Waals surface area contributed by atoms with Crippen LogP contribution in [-0.2, 0) is 0 Å². The Balaban J connectivity index is 2.34. The van der Waals surface area contributed by atoms with Crippen LogP contribution in [0, 0.1) is 17.8 Å². The van der Waals surface area contributed by atoms with Crippen molar-refractivity contribution in [1.82, 2.24) is 5.32 Å². The van der Waals surface area contributed by atoms with Crippen molar-refractivity contribution in [3.63, 3.8) is 0 Å². The summed E-state index contributed by atoms with van der Waals surface area (Å²) in [7, 11) is 1.98. The van der Waals surface area contributed by atoms with Gasteiger partial charge in [0.2, 0.25) is 0 Å². The summed E-state index contributed by atoms with van der Waals surface area (Å²) in [5, 5.41) is 12.5. The van der Waals surface area contributed by atoms with Crippen LogP contribution in [0.1, 0.15) is 39.0 Å². The number of rotatable bonds is 5. The first-order valence-electron chi connectivity index (χ1n) is 6.03. The molecule has 1 saturated carbocycles. The lowest BCUT2D eigenvalue weighted by atomic mass is 9.75. The van der Waals surface area contributed by atoms with Crippen molar-refractivity contribution in [3.05, 3.63) is 0 Å². The van der Waals surface area contributed by atoms with Crippen molar-refractivity contribution < 1.29 is 5.11 Å². The summed E-state index contributed by atoms with van der Waals surface area (Å²) >= 11 is 0. The second-order valence-corrected chi connectivity index (χ2v) is 4.87. The van der Waals surface area contributed by atoms with Crippen LogP contribution in [0.2, 0.25) is 0 Å². The summed E-state index contributed by atoms with van der Waals surface area (Å²) in [6.45, 7) is 3.76. The first-order chi connectivity index (χ1) is 6.77. The third-order valence-corrected chi connectivity index (χ3v) is 3.64. The van der Waals surface area contributed by atoms with Crippen molar-refractivity contribution >= 4 is 0 Å². The minimum absolute atomic E-state index is 0.374. The molecule has 1 fully saturated rings. The summed E-state index contributed by atoms with van der Waals surface area (Å²) < 4.78 is 0. The van der Waals surface area contributed by atoms with Gasteiger partial charge in [-0.15, -0.1) is 0 Å². The van der Waals surface area contributed by atoms with E-state index in [0.717, 1.165) is 24.8 Å². The Bertz CT molecular complexity index is 149. The molecule has 1 rings (SSSR count). The first-order valence-corrected chi connectivity index (χ1v) is 6.03. The van der Waals surface area contributed by atoms with Crippen LogP contribution in [0.25, 0.3) is 0 Å². The van der Waals surface area contributed by atoms with Crippen LogP contribution in [0.5, 0.6) is 0 Å². The molecule has 0 aromatic heterocycles. The fourth-order valence-corrected chi connectivity index (χ4v) is 2.71. The SMILES string of the molecule is CNCCC(CO)C1CCCC(C)C1. The summed E-state index contributed by atoms with van der Waals surface area (Å²) in [6, 6.07) is 0. The summed E-state index contributed by atoms with van der Waals surface area (Å²) in [5.74, 6) is 2.18. The van der Waals surface area contributed by atoms with Crippen molar-refractivity contribution in [3.8, 4) is 0 Å². The van der Waals surface area contributed by atoms with Gasteiger partial charge in [-0.2, -0.15) is 0 Å². The third kappa shape index (κ3) is 3.58. The number of aliphatic hydroxyl groups is 1. The Hall–Kier alpha value is -0.0800. The highest BCUT2D eigenvalue weighted by Gasteiger charge is 2.25. The van der Waals surface area contributed by atoms with E-state index in [9.17, 15) is 5.11 Å². The lowest BCUT2D eigenvalue weighted by Gasteiger charge is -2.32. The van der Waals surface area contributed by atoms with Crippen LogP contribution in [0.15, 0.2) is 0 Å². The zero-order valence-electron chi connectivity index (χ0n) is 9.63. The second kappa shape index (κ2) is 6.41. The Morgan fingerprint density at radius 2 is 2.21 bits per heavy atom. The van der Waals surface area contributed by atoms with Crippen molar-refractivity contribution in [2.75, 3.05) is 20.2 Å². The molecule has 0 radical (unpaired) electrons. The number of aliphatic hydroxyl groups excluding tert-OH is 1. The molecule has 0 heterocycles. The predicted octanol–water partition coefficient (Wildman–Crippen LogP) is 2.03. The van der Waals surface area contributed by atoms with E-state index in [4.69, 9.17) is 0 Å². The van der Waals surface area contributed by atoms with Gasteiger partial charge < -0.3 is 10.4 Å². The molecule has 3 unspecified atom stereocenters. The van der Waals surface area contributed by atoms with E-state index in [1.807, 2.05) is 7.05 Å². The molecule has 1 aliphatic carbocycles. The molecule has 2 heteroatoms. The molecule has 0 amide bonds. The Labute approximate surface area is 88.1 Å². The minimum atomic E-state index is 0.374. The van der Waals surface area contributed by atoms with E-state index in [1.165, 1.54) is 25.7 Å². The Kier molecular flexibility index (Phi) is 5.49. The normalized spacial score (nSPS) is 30.2. The molecule has 2 N–H and O–H groups in total. The van der Waals surface area contributed by atoms with E-state index in [-0.39, 0.29) is 0 Å². The van der Waals surface area contributed by atoms with E-state index >= 15 is 0 Å². The fourth-order valence-electron chi connectivity index (χ4n) is 2.71. The molecule has 0 bridgehead atoms. The third-order valence-electron chi connectivity index (χ3n) is 3.64. The van der Waals surface area contributed by atoms with E-state index < -0.39 is 0 Å². The van der Waals surface area contributed by atoms with Gasteiger partial charge in [-0.05, 0) is 44.2 Å². The van der Waals surface area contributed by atoms with Crippen LogP contribution in [0.3, 0.4) is 0 Å². The first kappa shape index (κ1) is 12.0. The maximum absolute atomic E-state index is 9.36. The number of nitrogens with one attached hydrogen (secondary N) is 1. The highest BCUT2D eigenvalue weighted by molar-refractivity contribution is 4.77. The van der Waals surface area contributed by atoms with Gasteiger partial charge in [-0.25, -0.2) is 0 Å². The van der Waals surface area contributed by atoms with Gasteiger partial charge in [-0.3, -0.25) is 0 Å². The molecule has 0 aliphatic heterocycles. The van der Waals surface area contributed by atoms with Crippen molar-refractivity contribution in [1.29, 1.82) is 0 Å². The summed E-state index contributed by atoms with van der Waals surface area (Å²) in [6.07, 6.45) is 6.54. The Morgan fingerprint density at radius 3 is 2.79 bits per heavy atom. The van der Waals surface area contributed by atoms with Gasteiger partial charge in [0.1, 0.15) is 0 Å². The number of hydrogen-bond acceptors (Lipinski definition) is 2. The van der Waals surface area contributed by atoms with E-state index in [2.05, 4.69) is 12.2 Å². The lowest BCUT2D eigenvalue weighted by molar-refractivity contribution is 0.123. The molecule has 1 aliphatic rings. The average molecular weight is 199 g/mol. The van der Waals surface area contributed by atoms with E-state index in [0.29, 0.717) is 12.5 Å². The highest BCUT2D eigenvalue weighted by atomic mass is 16.3.